The lowest BCUT2D eigenvalue weighted by Gasteiger charge is -2.35. The van der Waals surface area contributed by atoms with Crippen molar-refractivity contribution in [3.05, 3.63) is 24.3 Å². The van der Waals surface area contributed by atoms with E-state index in [1.54, 1.807) is 12.1 Å². The van der Waals surface area contributed by atoms with Gasteiger partial charge < -0.3 is 25.4 Å². The molecule has 2 amide bonds. The number of hydrogen-bond donors (Lipinski definition) is 2. The van der Waals surface area contributed by atoms with Crippen molar-refractivity contribution in [3.8, 4) is 11.5 Å². The highest BCUT2D eigenvalue weighted by Gasteiger charge is 2.27. The number of ether oxygens (including phenoxy) is 2. The molecule has 0 aliphatic carbocycles. The van der Waals surface area contributed by atoms with Gasteiger partial charge >= 0.3 is 0 Å². The zero-order chi connectivity index (χ0) is 18.8. The maximum atomic E-state index is 12.6. The molecule has 3 N–H and O–H groups in total. The van der Waals surface area contributed by atoms with Crippen LogP contribution in [0.2, 0.25) is 0 Å². The molecule has 1 heterocycles. The SMILES string of the molecule is CCOc1ccc(OCC(=O)N2CCCCC2CNC(=O)CCN)cc1. The predicted octanol–water partition coefficient (Wildman–Crippen LogP) is 1.31. The van der Waals surface area contributed by atoms with Gasteiger partial charge in [0.2, 0.25) is 5.91 Å². The molecule has 2 rings (SSSR count). The summed E-state index contributed by atoms with van der Waals surface area (Å²) in [6, 6.07) is 7.24. The van der Waals surface area contributed by atoms with E-state index in [1.165, 1.54) is 0 Å². The first-order valence-electron chi connectivity index (χ1n) is 9.26. The highest BCUT2D eigenvalue weighted by molar-refractivity contribution is 5.79. The third kappa shape index (κ3) is 6.22. The van der Waals surface area contributed by atoms with Gasteiger partial charge in [0.15, 0.2) is 6.61 Å². The van der Waals surface area contributed by atoms with Crippen molar-refractivity contribution in [2.75, 3.05) is 32.8 Å². The van der Waals surface area contributed by atoms with Crippen molar-refractivity contribution in [2.45, 2.75) is 38.6 Å². The fourth-order valence-electron chi connectivity index (χ4n) is 3.02. The maximum Gasteiger partial charge on any atom is 0.260 e. The van der Waals surface area contributed by atoms with Crippen molar-refractivity contribution in [1.29, 1.82) is 0 Å². The van der Waals surface area contributed by atoms with E-state index in [4.69, 9.17) is 15.2 Å². The Balaban J connectivity index is 1.84. The van der Waals surface area contributed by atoms with Crippen LogP contribution in [0.1, 0.15) is 32.6 Å². The second kappa shape index (κ2) is 10.7. The van der Waals surface area contributed by atoms with Crippen LogP contribution < -0.4 is 20.5 Å². The van der Waals surface area contributed by atoms with Crippen LogP contribution in [0.5, 0.6) is 11.5 Å². The highest BCUT2D eigenvalue weighted by atomic mass is 16.5. The first-order chi connectivity index (χ1) is 12.6. The van der Waals surface area contributed by atoms with Gasteiger partial charge in [-0.05, 0) is 50.5 Å². The van der Waals surface area contributed by atoms with Gasteiger partial charge in [-0.3, -0.25) is 9.59 Å². The zero-order valence-electron chi connectivity index (χ0n) is 15.4. The predicted molar refractivity (Wildman–Crippen MR) is 99.1 cm³/mol. The number of likely N-dealkylation sites (tertiary alicyclic amines) is 1. The lowest BCUT2D eigenvalue weighted by molar-refractivity contribution is -0.137. The summed E-state index contributed by atoms with van der Waals surface area (Å²) in [5.41, 5.74) is 5.38. The van der Waals surface area contributed by atoms with Crippen LogP contribution in [0.3, 0.4) is 0 Å². The minimum Gasteiger partial charge on any atom is -0.494 e. The van der Waals surface area contributed by atoms with Gasteiger partial charge in [-0.1, -0.05) is 0 Å². The number of carbonyl (C=O) groups is 2. The summed E-state index contributed by atoms with van der Waals surface area (Å²) >= 11 is 0. The lowest BCUT2D eigenvalue weighted by atomic mass is 10.0. The Morgan fingerprint density at radius 2 is 1.88 bits per heavy atom. The largest absolute Gasteiger partial charge is 0.494 e. The Bertz CT molecular complexity index is 577. The maximum absolute atomic E-state index is 12.6. The number of nitrogens with one attached hydrogen (secondary N) is 1. The molecule has 144 valence electrons. The van der Waals surface area contributed by atoms with Gasteiger partial charge in [0.05, 0.1) is 6.61 Å². The summed E-state index contributed by atoms with van der Waals surface area (Å²) in [6.45, 7) is 4.01. The summed E-state index contributed by atoms with van der Waals surface area (Å²) in [5, 5.41) is 2.86. The van der Waals surface area contributed by atoms with Crippen molar-refractivity contribution in [1.82, 2.24) is 10.2 Å². The Morgan fingerprint density at radius 1 is 1.19 bits per heavy atom. The van der Waals surface area contributed by atoms with E-state index < -0.39 is 0 Å². The normalized spacial score (nSPS) is 16.8. The molecule has 1 aliphatic heterocycles. The van der Waals surface area contributed by atoms with Crippen LogP contribution in [0.4, 0.5) is 0 Å². The standard InChI is InChI=1S/C19H29N3O4/c1-2-25-16-6-8-17(9-7-16)26-14-19(24)22-12-4-3-5-15(22)13-21-18(23)10-11-20/h6-9,15H,2-5,10-14,20H2,1H3,(H,21,23). The fourth-order valence-corrected chi connectivity index (χ4v) is 3.02. The van der Waals surface area contributed by atoms with Gasteiger partial charge in [-0.2, -0.15) is 0 Å². The number of piperidine rings is 1. The summed E-state index contributed by atoms with van der Waals surface area (Å²) in [4.78, 5) is 26.0. The quantitative estimate of drug-likeness (QED) is 0.690. The van der Waals surface area contributed by atoms with Crippen LogP contribution in [0.25, 0.3) is 0 Å². The third-order valence-electron chi connectivity index (χ3n) is 4.35. The van der Waals surface area contributed by atoms with E-state index in [1.807, 2.05) is 24.0 Å². The molecule has 1 aromatic carbocycles. The molecule has 1 aromatic rings. The van der Waals surface area contributed by atoms with Gasteiger partial charge in [-0.15, -0.1) is 0 Å². The van der Waals surface area contributed by atoms with Crippen LogP contribution in [-0.2, 0) is 9.59 Å². The van der Waals surface area contributed by atoms with Crippen molar-refractivity contribution in [3.63, 3.8) is 0 Å². The summed E-state index contributed by atoms with van der Waals surface area (Å²) in [7, 11) is 0. The number of rotatable bonds is 9. The molecule has 1 saturated heterocycles. The molecule has 7 heteroatoms. The van der Waals surface area contributed by atoms with E-state index >= 15 is 0 Å². The van der Waals surface area contributed by atoms with Crippen LogP contribution in [0.15, 0.2) is 24.3 Å². The van der Waals surface area contributed by atoms with E-state index in [-0.39, 0.29) is 24.5 Å². The van der Waals surface area contributed by atoms with Crippen molar-refractivity contribution < 1.29 is 19.1 Å². The smallest absolute Gasteiger partial charge is 0.260 e. The Hall–Kier alpha value is -2.28. The molecular formula is C19H29N3O4. The molecule has 26 heavy (non-hydrogen) atoms. The molecule has 0 aromatic heterocycles. The second-order valence-corrected chi connectivity index (χ2v) is 6.27. The van der Waals surface area contributed by atoms with Crippen LogP contribution in [-0.4, -0.2) is 55.6 Å². The first-order valence-corrected chi connectivity index (χ1v) is 9.26. The number of nitrogens with two attached hydrogens (primary N) is 1. The van der Waals surface area contributed by atoms with Gasteiger partial charge in [0.1, 0.15) is 11.5 Å². The molecule has 1 unspecified atom stereocenters. The van der Waals surface area contributed by atoms with Gasteiger partial charge in [0, 0.05) is 32.1 Å². The van der Waals surface area contributed by atoms with E-state index in [0.29, 0.717) is 38.4 Å². The Morgan fingerprint density at radius 3 is 2.54 bits per heavy atom. The van der Waals surface area contributed by atoms with Crippen LogP contribution >= 0.6 is 0 Å². The van der Waals surface area contributed by atoms with E-state index in [0.717, 1.165) is 25.0 Å². The number of hydrogen-bond acceptors (Lipinski definition) is 5. The van der Waals surface area contributed by atoms with Crippen LogP contribution in [0, 0.1) is 0 Å². The minimum absolute atomic E-state index is 0.0127. The molecule has 1 fully saturated rings. The van der Waals surface area contributed by atoms with Crippen molar-refractivity contribution in [2.24, 2.45) is 5.73 Å². The number of amides is 2. The molecule has 1 atom stereocenters. The molecule has 0 radical (unpaired) electrons. The lowest BCUT2D eigenvalue weighted by Crippen LogP contribution is -2.50. The van der Waals surface area contributed by atoms with E-state index in [9.17, 15) is 9.59 Å². The summed E-state index contributed by atoms with van der Waals surface area (Å²) in [5.74, 6) is 1.27. The van der Waals surface area contributed by atoms with Gasteiger partial charge in [-0.25, -0.2) is 0 Å². The molecule has 7 nitrogen and oxygen atoms in total. The average molecular weight is 363 g/mol. The molecule has 0 saturated carbocycles. The highest BCUT2D eigenvalue weighted by Crippen LogP contribution is 2.19. The monoisotopic (exact) mass is 363 g/mol. The molecule has 1 aliphatic rings. The zero-order valence-corrected chi connectivity index (χ0v) is 15.4. The van der Waals surface area contributed by atoms with Gasteiger partial charge in [0.25, 0.3) is 5.91 Å². The summed E-state index contributed by atoms with van der Waals surface area (Å²) in [6.07, 6.45) is 3.22. The van der Waals surface area contributed by atoms with Crippen molar-refractivity contribution >= 4 is 11.8 Å². The van der Waals surface area contributed by atoms with E-state index in [2.05, 4.69) is 5.32 Å². The first kappa shape index (κ1) is 20.0. The Labute approximate surface area is 154 Å². The number of benzene rings is 1. The number of carbonyl (C=O) groups excluding carboxylic acids is 2. The third-order valence-corrected chi connectivity index (χ3v) is 4.35. The second-order valence-electron chi connectivity index (χ2n) is 6.27. The topological polar surface area (TPSA) is 93.9 Å². The number of nitrogens with zero attached hydrogens (tertiary/aromatic N) is 1. The molecular weight excluding hydrogens is 334 g/mol. The summed E-state index contributed by atoms with van der Waals surface area (Å²) < 4.78 is 11.0. The minimum atomic E-state index is -0.0730. The molecule has 0 spiro atoms. The fraction of sp³-hybridized carbons (Fsp3) is 0.579. The molecule has 0 bridgehead atoms. The average Bonchev–Trinajstić information content (AvgIpc) is 2.66. The Kier molecular flexibility index (Phi) is 8.21.